The molecule has 6 nitrogen and oxygen atoms in total. The number of carbonyl (C=O) groups excluding carboxylic acids is 1. The van der Waals surface area contributed by atoms with E-state index >= 15 is 0 Å². The van der Waals surface area contributed by atoms with E-state index < -0.39 is 17.9 Å². The number of carbonyl (C=O) groups is 2. The van der Waals surface area contributed by atoms with Crippen molar-refractivity contribution < 1.29 is 14.7 Å². The summed E-state index contributed by atoms with van der Waals surface area (Å²) in [6, 6.07) is 13.4. The van der Waals surface area contributed by atoms with Gasteiger partial charge in [0.05, 0.1) is 0 Å². The summed E-state index contributed by atoms with van der Waals surface area (Å²) in [7, 11) is 0. The van der Waals surface area contributed by atoms with Crippen molar-refractivity contribution in [2.75, 3.05) is 0 Å². The number of aromatic amines is 1. The monoisotopic (exact) mass is 582 g/mol. The van der Waals surface area contributed by atoms with Crippen LogP contribution in [0.2, 0.25) is 5.02 Å². The van der Waals surface area contributed by atoms with E-state index in [1.54, 1.807) is 36.4 Å². The molecule has 1 amide bonds. The van der Waals surface area contributed by atoms with E-state index in [1.165, 1.54) is 18.2 Å². The number of pyridine rings is 1. The van der Waals surface area contributed by atoms with Crippen LogP contribution >= 0.6 is 11.6 Å². The number of hydrogen-bond donors (Lipinski definition) is 3. The van der Waals surface area contributed by atoms with Crippen molar-refractivity contribution in [3.63, 3.8) is 0 Å². The Hall–Kier alpha value is -2.24. The van der Waals surface area contributed by atoms with E-state index in [0.717, 1.165) is 5.39 Å². The average Bonchev–Trinajstić information content (AvgIpc) is 2.61. The topological polar surface area (TPSA) is 99.3 Å². The number of hydrogen-bond acceptors (Lipinski definition) is 3. The number of carboxylic acids is 1. The van der Waals surface area contributed by atoms with Crippen LogP contribution in [0, 0.1) is 0 Å². The summed E-state index contributed by atoms with van der Waals surface area (Å²) in [6.07, 6.45) is -0.0148. The van der Waals surface area contributed by atoms with Crippen molar-refractivity contribution in [1.82, 2.24) is 10.3 Å². The zero-order valence-corrected chi connectivity index (χ0v) is 20.5. The van der Waals surface area contributed by atoms with Crippen LogP contribution in [-0.4, -0.2) is 54.2 Å². The maximum absolute atomic E-state index is 12.3. The van der Waals surface area contributed by atoms with Crippen molar-refractivity contribution in [2.24, 2.45) is 0 Å². The van der Waals surface area contributed by atoms with E-state index in [0.29, 0.717) is 21.7 Å². The Bertz CT molecular complexity index is 1030. The van der Waals surface area contributed by atoms with E-state index in [4.69, 9.17) is 11.6 Å². The van der Waals surface area contributed by atoms with Gasteiger partial charge in [-0.2, -0.15) is 0 Å². The first-order valence-corrected chi connectivity index (χ1v) is 8.22. The number of nitrogens with one attached hydrogen (secondary N) is 2. The van der Waals surface area contributed by atoms with Gasteiger partial charge >= 0.3 is 32.2 Å². The van der Waals surface area contributed by atoms with Gasteiger partial charge in [0.15, 0.2) is 0 Å². The summed E-state index contributed by atoms with van der Waals surface area (Å²) >= 11 is 5.79. The molecular formula is C19H18BiClN2O4. The van der Waals surface area contributed by atoms with E-state index in [9.17, 15) is 19.5 Å². The Balaban J connectivity index is 0.00000261. The number of benzene rings is 2. The average molecular weight is 583 g/mol. The van der Waals surface area contributed by atoms with Crippen LogP contribution in [0.25, 0.3) is 10.9 Å². The van der Waals surface area contributed by atoms with Crippen molar-refractivity contribution >= 4 is 60.6 Å². The molecule has 0 fully saturated rings. The zero-order valence-electron chi connectivity index (χ0n) is 14.2. The summed E-state index contributed by atoms with van der Waals surface area (Å²) in [5, 5.41) is 13.2. The Labute approximate surface area is 178 Å². The number of aliphatic carboxylic acids is 1. The first kappa shape index (κ1) is 21.1. The van der Waals surface area contributed by atoms with Crippen molar-refractivity contribution in [3.05, 3.63) is 81.1 Å². The number of carboxylic acid groups (broad SMARTS) is 1. The van der Waals surface area contributed by atoms with Gasteiger partial charge in [0.1, 0.15) is 6.04 Å². The Morgan fingerprint density at radius 3 is 2.44 bits per heavy atom. The maximum atomic E-state index is 12.3. The molecule has 1 heterocycles. The first-order valence-electron chi connectivity index (χ1n) is 7.84. The minimum atomic E-state index is -1.18. The van der Waals surface area contributed by atoms with Crippen molar-refractivity contribution in [1.29, 1.82) is 0 Å². The number of aromatic nitrogens is 1. The van der Waals surface area contributed by atoms with Crippen LogP contribution in [0.3, 0.4) is 0 Å². The summed E-state index contributed by atoms with van der Waals surface area (Å²) < 4.78 is 0. The molecule has 0 aliphatic rings. The molecule has 3 N–H and O–H groups in total. The third-order valence-corrected chi connectivity index (χ3v) is 4.22. The number of halogens is 1. The molecule has 0 saturated heterocycles. The molecule has 0 bridgehead atoms. The van der Waals surface area contributed by atoms with Crippen molar-refractivity contribution in [2.45, 2.75) is 12.5 Å². The van der Waals surface area contributed by atoms with Crippen LogP contribution in [-0.2, 0) is 11.2 Å². The fourth-order valence-corrected chi connectivity index (χ4v) is 2.83. The molecule has 8 heteroatoms. The number of fused-ring (bicyclic) bond motifs is 1. The number of H-pyrrole nitrogens is 1. The second-order valence-electron chi connectivity index (χ2n) is 5.78. The molecule has 0 spiro atoms. The van der Waals surface area contributed by atoms with E-state index in [-0.39, 0.29) is 38.2 Å². The third-order valence-electron chi connectivity index (χ3n) is 3.97. The number of rotatable bonds is 5. The molecule has 3 aromatic rings. The second kappa shape index (κ2) is 9.11. The van der Waals surface area contributed by atoms with Gasteiger partial charge in [-0.05, 0) is 35.9 Å². The van der Waals surface area contributed by atoms with Gasteiger partial charge in [-0.25, -0.2) is 4.79 Å². The van der Waals surface area contributed by atoms with Crippen LogP contribution in [0.5, 0.6) is 0 Å². The Morgan fingerprint density at radius 1 is 1.11 bits per heavy atom. The van der Waals surface area contributed by atoms with Crippen LogP contribution < -0.4 is 10.9 Å². The number of para-hydroxylation sites is 1. The molecule has 0 radical (unpaired) electrons. The molecule has 0 aliphatic carbocycles. The van der Waals surface area contributed by atoms with Gasteiger partial charge in [0.25, 0.3) is 5.91 Å². The molecule has 1 aromatic heterocycles. The van der Waals surface area contributed by atoms with Gasteiger partial charge in [-0.15, -0.1) is 0 Å². The first-order chi connectivity index (χ1) is 12.4. The van der Waals surface area contributed by atoms with Crippen molar-refractivity contribution in [3.8, 4) is 0 Å². The fourth-order valence-electron chi connectivity index (χ4n) is 2.71. The Kier molecular flexibility index (Phi) is 7.11. The molecule has 1 unspecified atom stereocenters. The minimum absolute atomic E-state index is 0. The molecule has 3 rings (SSSR count). The molecule has 0 saturated carbocycles. The zero-order chi connectivity index (χ0) is 18.7. The number of amides is 1. The van der Waals surface area contributed by atoms with Crippen LogP contribution in [0.15, 0.2) is 59.4 Å². The molecule has 0 aliphatic heterocycles. The third kappa shape index (κ3) is 5.15. The van der Waals surface area contributed by atoms with Gasteiger partial charge in [-0.1, -0.05) is 29.8 Å². The molecule has 1 atom stereocenters. The standard InChI is InChI=1S/C19H15ClN2O4.Bi.3H/c20-13-7-5-11(6-8-13)18(24)22-16(19(25)26)9-12-10-17(23)21-15-4-2-1-3-14(12)15;;;;/h1-8,10,16H,9H2,(H,21,23)(H,22,24)(H,25,26);;;;. The summed E-state index contributed by atoms with van der Waals surface area (Å²) in [4.78, 5) is 38.5. The van der Waals surface area contributed by atoms with Gasteiger partial charge in [-0.3, -0.25) is 9.59 Å². The molecule has 2 aromatic carbocycles. The van der Waals surface area contributed by atoms with Crippen LogP contribution in [0.4, 0.5) is 0 Å². The van der Waals surface area contributed by atoms with Gasteiger partial charge in [0.2, 0.25) is 5.56 Å². The predicted octanol–water partition coefficient (Wildman–Crippen LogP) is 1.42. The quantitative estimate of drug-likeness (QED) is 0.397. The Morgan fingerprint density at radius 2 is 1.78 bits per heavy atom. The second-order valence-corrected chi connectivity index (χ2v) is 6.22. The molecular weight excluding hydrogens is 565 g/mol. The van der Waals surface area contributed by atoms with E-state index in [1.807, 2.05) is 0 Å². The fraction of sp³-hybridized carbons (Fsp3) is 0.105. The summed E-state index contributed by atoms with van der Waals surface area (Å²) in [5.74, 6) is -1.71. The molecule has 27 heavy (non-hydrogen) atoms. The van der Waals surface area contributed by atoms with Gasteiger partial charge in [0, 0.05) is 34.0 Å². The SMILES string of the molecule is O=C(NC(Cc1cc(=O)[nH]c2ccccc12)C(=O)O)c1ccc(Cl)cc1.[BiH3]. The summed E-state index contributed by atoms with van der Waals surface area (Å²) in [6.45, 7) is 0. The van der Waals surface area contributed by atoms with Gasteiger partial charge < -0.3 is 15.4 Å². The van der Waals surface area contributed by atoms with Crippen LogP contribution in [0.1, 0.15) is 15.9 Å². The normalized spacial score (nSPS) is 11.4. The van der Waals surface area contributed by atoms with E-state index in [2.05, 4.69) is 10.3 Å². The molecule has 140 valence electrons. The predicted molar refractivity (Wildman–Crippen MR) is 109 cm³/mol. The summed E-state index contributed by atoms with van der Waals surface area (Å²) in [5.41, 5.74) is 1.14.